The maximum Gasteiger partial charge on any atom is 0.252 e. The summed E-state index contributed by atoms with van der Waals surface area (Å²) >= 11 is 0. The van der Waals surface area contributed by atoms with Crippen LogP contribution in [0.3, 0.4) is 0 Å². The number of hydrogen-bond acceptors (Lipinski definition) is 4. The number of aryl methyl sites for hydroxylation is 2. The summed E-state index contributed by atoms with van der Waals surface area (Å²) in [5.74, 6) is 0.165. The third-order valence-corrected chi connectivity index (χ3v) is 6.08. The molecule has 0 saturated carbocycles. The highest BCUT2D eigenvalue weighted by Crippen LogP contribution is 2.29. The van der Waals surface area contributed by atoms with Gasteiger partial charge in [0.15, 0.2) is 5.78 Å². The molecule has 0 spiro atoms. The number of amides is 2. The lowest BCUT2D eigenvalue weighted by Gasteiger charge is -2.41. The van der Waals surface area contributed by atoms with E-state index in [9.17, 15) is 14.4 Å². The van der Waals surface area contributed by atoms with E-state index in [0.717, 1.165) is 16.7 Å². The molecule has 31 heavy (non-hydrogen) atoms. The number of hydrogen-bond donors (Lipinski definition) is 1. The van der Waals surface area contributed by atoms with Gasteiger partial charge in [-0.25, -0.2) is 0 Å². The first-order valence-electron chi connectivity index (χ1n) is 10.5. The monoisotopic (exact) mass is 422 g/mol. The van der Waals surface area contributed by atoms with Gasteiger partial charge in [-0.1, -0.05) is 23.3 Å². The maximum absolute atomic E-state index is 13.7. The Morgan fingerprint density at radius 2 is 1.61 bits per heavy atom. The van der Waals surface area contributed by atoms with Gasteiger partial charge in [-0.05, 0) is 57.9 Å². The molecule has 0 bridgehead atoms. The first-order chi connectivity index (χ1) is 14.7. The zero-order valence-electron chi connectivity index (χ0n) is 18.9. The van der Waals surface area contributed by atoms with Crippen LogP contribution in [0.5, 0.6) is 5.75 Å². The van der Waals surface area contributed by atoms with Crippen molar-refractivity contribution in [1.82, 2.24) is 10.2 Å². The number of rotatable bonds is 5. The molecule has 2 amide bonds. The average molecular weight is 423 g/mol. The van der Waals surface area contributed by atoms with Crippen molar-refractivity contribution >= 4 is 17.6 Å². The van der Waals surface area contributed by atoms with E-state index in [-0.39, 0.29) is 17.6 Å². The lowest BCUT2D eigenvalue weighted by molar-refractivity contribution is -0.130. The zero-order valence-corrected chi connectivity index (χ0v) is 18.9. The van der Waals surface area contributed by atoms with Crippen molar-refractivity contribution in [3.63, 3.8) is 0 Å². The highest BCUT2D eigenvalue weighted by Gasteiger charge is 2.43. The van der Waals surface area contributed by atoms with Gasteiger partial charge in [-0.2, -0.15) is 0 Å². The van der Waals surface area contributed by atoms with E-state index in [2.05, 4.69) is 5.32 Å². The Kier molecular flexibility index (Phi) is 6.48. The summed E-state index contributed by atoms with van der Waals surface area (Å²) in [6.45, 7) is 8.09. The van der Waals surface area contributed by atoms with Gasteiger partial charge in [-0.3, -0.25) is 14.4 Å². The number of carbonyl (C=O) groups is 3. The number of likely N-dealkylation sites (tertiary alicyclic amines) is 1. The molecule has 3 rings (SSSR count). The molecule has 0 aliphatic carbocycles. The molecular formula is C25H30N2O4. The zero-order chi connectivity index (χ0) is 22.8. The molecule has 1 aliphatic heterocycles. The van der Waals surface area contributed by atoms with Gasteiger partial charge < -0.3 is 15.0 Å². The number of ether oxygens (including phenoxy) is 1. The van der Waals surface area contributed by atoms with E-state index in [1.54, 1.807) is 30.2 Å². The Morgan fingerprint density at radius 1 is 1.00 bits per heavy atom. The summed E-state index contributed by atoms with van der Waals surface area (Å²) in [5.41, 5.74) is 2.69. The van der Waals surface area contributed by atoms with Gasteiger partial charge in [0.2, 0.25) is 5.91 Å². The molecule has 2 aromatic rings. The van der Waals surface area contributed by atoms with Crippen LogP contribution in [-0.2, 0) is 4.79 Å². The van der Waals surface area contributed by atoms with Crippen molar-refractivity contribution in [3.8, 4) is 5.75 Å². The number of benzene rings is 2. The Bertz CT molecular complexity index is 1000. The second-order valence-corrected chi connectivity index (χ2v) is 8.38. The second-order valence-electron chi connectivity index (χ2n) is 8.38. The van der Waals surface area contributed by atoms with Crippen molar-refractivity contribution in [1.29, 1.82) is 0 Å². The van der Waals surface area contributed by atoms with Gasteiger partial charge in [0.1, 0.15) is 11.3 Å². The van der Waals surface area contributed by atoms with Crippen LogP contribution < -0.4 is 10.1 Å². The van der Waals surface area contributed by atoms with Crippen molar-refractivity contribution in [2.24, 2.45) is 0 Å². The molecule has 1 saturated heterocycles. The molecule has 6 nitrogen and oxygen atoms in total. The van der Waals surface area contributed by atoms with Crippen molar-refractivity contribution in [2.45, 2.75) is 46.1 Å². The number of piperidine rings is 1. The van der Waals surface area contributed by atoms with E-state index in [0.29, 0.717) is 42.8 Å². The Labute approximate surface area is 183 Å². The molecule has 0 aromatic heterocycles. The van der Waals surface area contributed by atoms with Gasteiger partial charge in [0, 0.05) is 36.7 Å². The number of nitrogens with zero attached hydrogens (tertiary/aromatic N) is 1. The smallest absolute Gasteiger partial charge is 0.252 e. The van der Waals surface area contributed by atoms with Crippen LogP contribution in [0.2, 0.25) is 0 Å². The van der Waals surface area contributed by atoms with Crippen LogP contribution in [0.25, 0.3) is 0 Å². The van der Waals surface area contributed by atoms with Crippen LogP contribution in [-0.4, -0.2) is 48.2 Å². The van der Waals surface area contributed by atoms with Crippen LogP contribution in [0.1, 0.15) is 57.2 Å². The number of ketones is 1. The lowest BCUT2D eigenvalue weighted by atomic mass is 9.79. The molecule has 0 atom stereocenters. The predicted molar refractivity (Wildman–Crippen MR) is 120 cm³/mol. The van der Waals surface area contributed by atoms with Crippen LogP contribution in [0, 0.1) is 20.8 Å². The summed E-state index contributed by atoms with van der Waals surface area (Å²) in [4.78, 5) is 40.6. The molecule has 1 aliphatic rings. The normalized spacial score (nSPS) is 15.3. The molecule has 164 valence electrons. The lowest BCUT2D eigenvalue weighted by Crippen LogP contribution is -2.60. The Hall–Kier alpha value is -3.15. The third-order valence-electron chi connectivity index (χ3n) is 6.08. The number of Topliss-reactive ketones (excluding diaryl/α,β-unsaturated/α-hetero) is 1. The van der Waals surface area contributed by atoms with Crippen molar-refractivity contribution in [2.75, 3.05) is 20.2 Å². The molecule has 1 fully saturated rings. The van der Waals surface area contributed by atoms with Gasteiger partial charge >= 0.3 is 0 Å². The Balaban J connectivity index is 1.98. The van der Waals surface area contributed by atoms with Crippen LogP contribution >= 0.6 is 0 Å². The highest BCUT2D eigenvalue weighted by atomic mass is 16.5. The number of nitrogens with one attached hydrogen (secondary N) is 1. The minimum absolute atomic E-state index is 0.0255. The van der Waals surface area contributed by atoms with Crippen molar-refractivity contribution in [3.05, 3.63) is 64.2 Å². The molecule has 1 N–H and O–H groups in total. The maximum atomic E-state index is 13.7. The highest BCUT2D eigenvalue weighted by molar-refractivity contribution is 6.08. The number of carbonyl (C=O) groups excluding carboxylic acids is 3. The predicted octanol–water partition coefficient (Wildman–Crippen LogP) is 3.61. The molecule has 6 heteroatoms. The fourth-order valence-corrected chi connectivity index (χ4v) is 4.36. The Morgan fingerprint density at radius 3 is 2.16 bits per heavy atom. The van der Waals surface area contributed by atoms with Crippen LogP contribution in [0.4, 0.5) is 0 Å². The second kappa shape index (κ2) is 8.92. The standard InChI is InChI=1S/C25H30N2O4/c1-16-13-17(2)15-20(14-16)23(29)25(9-11-27(12-10-25)19(4)28)26-24(30)21-7-6-8-22(31-5)18(21)3/h6-8,13-15H,9-12H2,1-5H3,(H,26,30). The first-order valence-corrected chi connectivity index (χ1v) is 10.5. The van der Waals surface area contributed by atoms with Gasteiger partial charge in [-0.15, -0.1) is 0 Å². The summed E-state index contributed by atoms with van der Waals surface area (Å²) in [6, 6.07) is 11.0. The van der Waals surface area contributed by atoms with E-state index in [1.165, 1.54) is 6.92 Å². The van der Waals surface area contributed by atoms with E-state index >= 15 is 0 Å². The average Bonchev–Trinajstić information content (AvgIpc) is 2.72. The largest absolute Gasteiger partial charge is 0.496 e. The molecule has 0 unspecified atom stereocenters. The van der Waals surface area contributed by atoms with Crippen LogP contribution in [0.15, 0.2) is 36.4 Å². The van der Waals surface area contributed by atoms with Crippen molar-refractivity contribution < 1.29 is 19.1 Å². The molecule has 2 aromatic carbocycles. The third kappa shape index (κ3) is 4.63. The quantitative estimate of drug-likeness (QED) is 0.747. The summed E-state index contributed by atoms with van der Waals surface area (Å²) in [7, 11) is 1.56. The van der Waals surface area contributed by atoms with Gasteiger partial charge in [0.25, 0.3) is 5.91 Å². The minimum atomic E-state index is -1.07. The van der Waals surface area contributed by atoms with E-state index < -0.39 is 5.54 Å². The summed E-state index contributed by atoms with van der Waals surface area (Å²) in [5, 5.41) is 3.06. The first kappa shape index (κ1) is 22.5. The van der Waals surface area contributed by atoms with E-state index in [1.807, 2.05) is 39.0 Å². The van der Waals surface area contributed by atoms with E-state index in [4.69, 9.17) is 4.74 Å². The summed E-state index contributed by atoms with van der Waals surface area (Å²) in [6.07, 6.45) is 0.736. The molecule has 1 heterocycles. The molecular weight excluding hydrogens is 392 g/mol. The topological polar surface area (TPSA) is 75.7 Å². The SMILES string of the molecule is COc1cccc(C(=O)NC2(C(=O)c3cc(C)cc(C)c3)CCN(C(C)=O)CC2)c1C. The molecule has 0 radical (unpaired) electrons. The number of methoxy groups -OCH3 is 1. The fraction of sp³-hybridized carbons (Fsp3) is 0.400. The minimum Gasteiger partial charge on any atom is -0.496 e. The summed E-state index contributed by atoms with van der Waals surface area (Å²) < 4.78 is 5.34. The van der Waals surface area contributed by atoms with Gasteiger partial charge in [0.05, 0.1) is 7.11 Å². The fourth-order valence-electron chi connectivity index (χ4n) is 4.36.